The van der Waals surface area contributed by atoms with Gasteiger partial charge in [0.05, 0.1) is 0 Å². The maximum absolute atomic E-state index is 12.1. The standard InChI is InChI=1S/C15H12BrNO2/c16-11-6-7-13-12(8-11)15(19,14(18)17-13)9-10-4-2-1-3-5-10/h1-8,19H,9H2,(H,17,18)/t15-/m1/s1. The number of fused-ring (bicyclic) bond motifs is 1. The highest BCUT2D eigenvalue weighted by Gasteiger charge is 2.45. The van der Waals surface area contributed by atoms with E-state index in [0.29, 0.717) is 11.3 Å². The number of anilines is 1. The molecule has 0 saturated carbocycles. The summed E-state index contributed by atoms with van der Waals surface area (Å²) in [6.07, 6.45) is 0.267. The third kappa shape index (κ3) is 2.07. The molecule has 19 heavy (non-hydrogen) atoms. The van der Waals surface area contributed by atoms with Crippen molar-refractivity contribution in [1.29, 1.82) is 0 Å². The zero-order chi connectivity index (χ0) is 13.5. The number of carbonyl (C=O) groups excluding carboxylic acids is 1. The quantitative estimate of drug-likeness (QED) is 0.894. The summed E-state index contributed by atoms with van der Waals surface area (Å²) in [6.45, 7) is 0. The maximum atomic E-state index is 12.1. The molecule has 0 spiro atoms. The fraction of sp³-hybridized carbons (Fsp3) is 0.133. The highest BCUT2D eigenvalue weighted by Crippen LogP contribution is 2.39. The van der Waals surface area contributed by atoms with E-state index in [9.17, 15) is 9.90 Å². The molecular formula is C15H12BrNO2. The number of hydrogen-bond acceptors (Lipinski definition) is 2. The van der Waals surface area contributed by atoms with Gasteiger partial charge in [-0.05, 0) is 23.8 Å². The van der Waals surface area contributed by atoms with E-state index in [1.807, 2.05) is 36.4 Å². The van der Waals surface area contributed by atoms with Crippen LogP contribution in [0.1, 0.15) is 11.1 Å². The van der Waals surface area contributed by atoms with E-state index in [1.54, 1.807) is 12.1 Å². The van der Waals surface area contributed by atoms with Crippen molar-refractivity contribution < 1.29 is 9.90 Å². The molecule has 1 atom stereocenters. The number of hydrogen-bond donors (Lipinski definition) is 2. The largest absolute Gasteiger partial charge is 0.375 e. The van der Waals surface area contributed by atoms with E-state index in [-0.39, 0.29) is 12.3 Å². The summed E-state index contributed by atoms with van der Waals surface area (Å²) in [4.78, 5) is 12.1. The average Bonchev–Trinajstić information content (AvgIpc) is 2.64. The van der Waals surface area contributed by atoms with Gasteiger partial charge in [-0.15, -0.1) is 0 Å². The fourth-order valence-electron chi connectivity index (χ4n) is 2.38. The van der Waals surface area contributed by atoms with E-state index in [0.717, 1.165) is 10.0 Å². The molecule has 1 amide bonds. The average molecular weight is 318 g/mol. The number of amides is 1. The molecule has 1 heterocycles. The molecule has 0 saturated heterocycles. The summed E-state index contributed by atoms with van der Waals surface area (Å²) in [7, 11) is 0. The second-order valence-electron chi connectivity index (χ2n) is 4.67. The first kappa shape index (κ1) is 12.4. The van der Waals surface area contributed by atoms with Gasteiger partial charge in [0, 0.05) is 22.1 Å². The van der Waals surface area contributed by atoms with E-state index in [1.165, 1.54) is 0 Å². The van der Waals surface area contributed by atoms with E-state index >= 15 is 0 Å². The zero-order valence-corrected chi connectivity index (χ0v) is 11.6. The Labute approximate surface area is 119 Å². The van der Waals surface area contributed by atoms with Crippen LogP contribution >= 0.6 is 15.9 Å². The number of halogens is 1. The molecule has 96 valence electrons. The third-order valence-corrected chi connectivity index (χ3v) is 3.85. The summed E-state index contributed by atoms with van der Waals surface area (Å²) in [5.41, 5.74) is 0.718. The second kappa shape index (κ2) is 4.47. The molecule has 1 aliphatic heterocycles. The molecule has 0 bridgehead atoms. The van der Waals surface area contributed by atoms with Gasteiger partial charge in [0.1, 0.15) is 0 Å². The minimum Gasteiger partial charge on any atom is -0.375 e. The lowest BCUT2D eigenvalue weighted by Gasteiger charge is -2.21. The van der Waals surface area contributed by atoms with Gasteiger partial charge >= 0.3 is 0 Å². The molecular weight excluding hydrogens is 306 g/mol. The van der Waals surface area contributed by atoms with Crippen molar-refractivity contribution in [2.45, 2.75) is 12.0 Å². The number of benzene rings is 2. The first-order valence-electron chi connectivity index (χ1n) is 5.97. The monoisotopic (exact) mass is 317 g/mol. The number of aliphatic hydroxyl groups is 1. The van der Waals surface area contributed by atoms with Crippen LogP contribution in [-0.4, -0.2) is 11.0 Å². The maximum Gasteiger partial charge on any atom is 0.261 e. The molecule has 0 radical (unpaired) electrons. The lowest BCUT2D eigenvalue weighted by molar-refractivity contribution is -0.133. The summed E-state index contributed by atoms with van der Waals surface area (Å²) in [5, 5.41) is 13.5. The first-order chi connectivity index (χ1) is 9.09. The fourth-order valence-corrected chi connectivity index (χ4v) is 2.74. The van der Waals surface area contributed by atoms with Crippen LogP contribution in [0, 0.1) is 0 Å². The van der Waals surface area contributed by atoms with Gasteiger partial charge in [-0.1, -0.05) is 46.3 Å². The zero-order valence-electron chi connectivity index (χ0n) is 10.1. The van der Waals surface area contributed by atoms with Gasteiger partial charge in [0.15, 0.2) is 5.60 Å². The lowest BCUT2D eigenvalue weighted by atomic mass is 9.88. The van der Waals surface area contributed by atoms with Crippen LogP contribution < -0.4 is 5.32 Å². The van der Waals surface area contributed by atoms with Crippen LogP contribution in [-0.2, 0) is 16.8 Å². The molecule has 0 aliphatic carbocycles. The molecule has 3 rings (SSSR count). The number of rotatable bonds is 2. The first-order valence-corrected chi connectivity index (χ1v) is 6.77. The van der Waals surface area contributed by atoms with E-state index in [2.05, 4.69) is 21.2 Å². The van der Waals surface area contributed by atoms with Crippen LogP contribution in [0.4, 0.5) is 5.69 Å². The SMILES string of the molecule is O=C1Nc2ccc(Br)cc2[C@]1(O)Cc1ccccc1. The Morgan fingerprint density at radius 3 is 2.63 bits per heavy atom. The molecule has 2 aromatic rings. The Morgan fingerprint density at radius 2 is 1.89 bits per heavy atom. The number of nitrogens with one attached hydrogen (secondary N) is 1. The molecule has 2 aromatic carbocycles. The Hall–Kier alpha value is -1.65. The number of carbonyl (C=O) groups is 1. The predicted molar refractivity (Wildman–Crippen MR) is 76.8 cm³/mol. The van der Waals surface area contributed by atoms with Crippen LogP contribution in [0.25, 0.3) is 0 Å². The van der Waals surface area contributed by atoms with Crippen LogP contribution in [0.15, 0.2) is 53.0 Å². The molecule has 2 N–H and O–H groups in total. The highest BCUT2D eigenvalue weighted by molar-refractivity contribution is 9.10. The van der Waals surface area contributed by atoms with Gasteiger partial charge in [-0.3, -0.25) is 4.79 Å². The van der Waals surface area contributed by atoms with Gasteiger partial charge in [-0.2, -0.15) is 0 Å². The Morgan fingerprint density at radius 1 is 1.16 bits per heavy atom. The second-order valence-corrected chi connectivity index (χ2v) is 5.58. The molecule has 0 fully saturated rings. The predicted octanol–water partition coefficient (Wildman–Crippen LogP) is 2.83. The van der Waals surface area contributed by atoms with Crippen molar-refractivity contribution in [1.82, 2.24) is 0 Å². The van der Waals surface area contributed by atoms with Crippen molar-refractivity contribution in [2.24, 2.45) is 0 Å². The molecule has 4 heteroatoms. The smallest absolute Gasteiger partial charge is 0.261 e. The summed E-state index contributed by atoms with van der Waals surface area (Å²) < 4.78 is 0.842. The summed E-state index contributed by atoms with van der Waals surface area (Å²) in [6, 6.07) is 14.9. The van der Waals surface area contributed by atoms with Crippen LogP contribution in [0.2, 0.25) is 0 Å². The highest BCUT2D eigenvalue weighted by atomic mass is 79.9. The molecule has 0 aromatic heterocycles. The van der Waals surface area contributed by atoms with Crippen LogP contribution in [0.3, 0.4) is 0 Å². The molecule has 0 unspecified atom stereocenters. The van der Waals surface area contributed by atoms with Crippen molar-refractivity contribution in [3.05, 3.63) is 64.1 Å². The van der Waals surface area contributed by atoms with Gasteiger partial charge < -0.3 is 10.4 Å². The van der Waals surface area contributed by atoms with Crippen molar-refractivity contribution >= 4 is 27.5 Å². The van der Waals surface area contributed by atoms with E-state index in [4.69, 9.17) is 0 Å². The van der Waals surface area contributed by atoms with E-state index < -0.39 is 5.60 Å². The topological polar surface area (TPSA) is 49.3 Å². The normalized spacial score (nSPS) is 21.1. The summed E-state index contributed by atoms with van der Waals surface area (Å²) in [5.74, 6) is -0.371. The van der Waals surface area contributed by atoms with Crippen molar-refractivity contribution in [2.75, 3.05) is 5.32 Å². The van der Waals surface area contributed by atoms with Gasteiger partial charge in [-0.25, -0.2) is 0 Å². The summed E-state index contributed by atoms with van der Waals surface area (Å²) >= 11 is 3.37. The minimum absolute atomic E-state index is 0.267. The third-order valence-electron chi connectivity index (χ3n) is 3.35. The van der Waals surface area contributed by atoms with Crippen molar-refractivity contribution in [3.63, 3.8) is 0 Å². The molecule has 1 aliphatic rings. The van der Waals surface area contributed by atoms with Gasteiger partial charge in [0.2, 0.25) is 0 Å². The lowest BCUT2D eigenvalue weighted by Crippen LogP contribution is -2.36. The Balaban J connectivity index is 2.04. The molecule has 3 nitrogen and oxygen atoms in total. The van der Waals surface area contributed by atoms with Gasteiger partial charge in [0.25, 0.3) is 5.91 Å². The minimum atomic E-state index is -1.50. The Kier molecular flexibility index (Phi) is 2.92. The van der Waals surface area contributed by atoms with Crippen LogP contribution in [0.5, 0.6) is 0 Å². The Bertz CT molecular complexity index is 642. The van der Waals surface area contributed by atoms with Crippen molar-refractivity contribution in [3.8, 4) is 0 Å².